The van der Waals surface area contributed by atoms with Crippen molar-refractivity contribution in [2.75, 3.05) is 0 Å². The number of rotatable bonds is 3. The fraction of sp³-hybridized carbons (Fsp3) is 0.158. The number of fused-ring (bicyclic) bond motifs is 1. The van der Waals surface area contributed by atoms with Crippen molar-refractivity contribution >= 4 is 11.0 Å². The highest BCUT2D eigenvalue weighted by molar-refractivity contribution is 5.83. The van der Waals surface area contributed by atoms with Crippen LogP contribution >= 0.6 is 0 Å². The molecule has 4 aromatic rings. The minimum absolute atomic E-state index is 0.352. The molecule has 0 fully saturated rings. The molecule has 0 aliphatic heterocycles. The van der Waals surface area contributed by atoms with Gasteiger partial charge in [0, 0.05) is 17.0 Å². The second-order valence-corrected chi connectivity index (χ2v) is 5.98. The summed E-state index contributed by atoms with van der Waals surface area (Å²) in [6.45, 7) is 4.29. The zero-order chi connectivity index (χ0) is 17.4. The zero-order valence-electron chi connectivity index (χ0n) is 13.9. The molecule has 0 unspecified atom stereocenters. The SMILES string of the molecule is Cc1ccc2c(Cn3nnc(-c4ccccc4)n3)cc(=O)oc2c1C. The van der Waals surface area contributed by atoms with Crippen LogP contribution in [-0.4, -0.2) is 20.2 Å². The molecule has 0 amide bonds. The van der Waals surface area contributed by atoms with Crippen molar-refractivity contribution in [1.29, 1.82) is 0 Å². The summed E-state index contributed by atoms with van der Waals surface area (Å²) >= 11 is 0. The van der Waals surface area contributed by atoms with E-state index in [4.69, 9.17) is 4.42 Å². The van der Waals surface area contributed by atoms with E-state index in [0.29, 0.717) is 18.0 Å². The number of hydrogen-bond donors (Lipinski definition) is 0. The summed E-state index contributed by atoms with van der Waals surface area (Å²) in [6.07, 6.45) is 0. The summed E-state index contributed by atoms with van der Waals surface area (Å²) in [5.74, 6) is 0.555. The average molecular weight is 332 g/mol. The van der Waals surface area contributed by atoms with Gasteiger partial charge in [-0.1, -0.05) is 42.5 Å². The highest BCUT2D eigenvalue weighted by atomic mass is 16.4. The van der Waals surface area contributed by atoms with Gasteiger partial charge < -0.3 is 4.42 Å². The first-order valence-corrected chi connectivity index (χ1v) is 7.98. The molecular weight excluding hydrogens is 316 g/mol. The summed E-state index contributed by atoms with van der Waals surface area (Å²) in [6, 6.07) is 15.1. The van der Waals surface area contributed by atoms with Gasteiger partial charge in [-0.3, -0.25) is 0 Å². The Kier molecular flexibility index (Phi) is 3.65. The minimum atomic E-state index is -0.375. The molecule has 0 saturated heterocycles. The third-order valence-electron chi connectivity index (χ3n) is 4.31. The lowest BCUT2D eigenvalue weighted by molar-refractivity contribution is 0.543. The maximum atomic E-state index is 12.0. The Hall–Kier alpha value is -3.28. The van der Waals surface area contributed by atoms with Crippen LogP contribution in [0.2, 0.25) is 0 Å². The van der Waals surface area contributed by atoms with Gasteiger partial charge in [0.15, 0.2) is 0 Å². The van der Waals surface area contributed by atoms with Gasteiger partial charge in [0.25, 0.3) is 0 Å². The molecular formula is C19H16N4O2. The van der Waals surface area contributed by atoms with Crippen molar-refractivity contribution in [1.82, 2.24) is 20.2 Å². The number of tetrazole rings is 1. The molecule has 0 aliphatic rings. The first-order valence-electron chi connectivity index (χ1n) is 7.98. The van der Waals surface area contributed by atoms with Gasteiger partial charge in [-0.2, -0.15) is 4.80 Å². The van der Waals surface area contributed by atoms with Crippen LogP contribution in [-0.2, 0) is 6.54 Å². The second-order valence-electron chi connectivity index (χ2n) is 5.98. The molecule has 0 radical (unpaired) electrons. The predicted molar refractivity (Wildman–Crippen MR) is 94.3 cm³/mol. The molecule has 0 bridgehead atoms. The summed E-state index contributed by atoms with van der Waals surface area (Å²) in [4.78, 5) is 13.4. The zero-order valence-corrected chi connectivity index (χ0v) is 13.9. The standard InChI is InChI=1S/C19H16N4O2/c1-12-8-9-16-15(10-17(24)25-18(16)13(12)2)11-23-21-19(20-22-23)14-6-4-3-5-7-14/h3-10H,11H2,1-2H3. The van der Waals surface area contributed by atoms with Gasteiger partial charge in [0.05, 0.1) is 6.54 Å². The smallest absolute Gasteiger partial charge is 0.336 e. The number of benzene rings is 2. The second kappa shape index (κ2) is 5.98. The van der Waals surface area contributed by atoms with E-state index in [1.165, 1.54) is 10.9 Å². The summed E-state index contributed by atoms with van der Waals surface area (Å²) in [5, 5.41) is 13.5. The van der Waals surface area contributed by atoms with Gasteiger partial charge in [-0.05, 0) is 35.8 Å². The van der Waals surface area contributed by atoms with Crippen LogP contribution in [0, 0.1) is 13.8 Å². The Morgan fingerprint density at radius 3 is 2.68 bits per heavy atom. The van der Waals surface area contributed by atoms with Crippen LogP contribution in [0.25, 0.3) is 22.4 Å². The van der Waals surface area contributed by atoms with Gasteiger partial charge in [-0.25, -0.2) is 4.79 Å². The van der Waals surface area contributed by atoms with Crippen LogP contribution in [0.3, 0.4) is 0 Å². The van der Waals surface area contributed by atoms with Gasteiger partial charge in [-0.15, -0.1) is 10.2 Å². The lowest BCUT2D eigenvalue weighted by Crippen LogP contribution is -2.09. The molecule has 2 heterocycles. The van der Waals surface area contributed by atoms with Gasteiger partial charge >= 0.3 is 5.63 Å². The molecule has 6 heteroatoms. The van der Waals surface area contributed by atoms with Crippen molar-refractivity contribution in [3.05, 3.63) is 75.6 Å². The maximum absolute atomic E-state index is 12.0. The van der Waals surface area contributed by atoms with E-state index in [-0.39, 0.29) is 5.63 Å². The molecule has 0 aliphatic carbocycles. The molecule has 0 atom stereocenters. The van der Waals surface area contributed by atoms with E-state index in [9.17, 15) is 4.79 Å². The Bertz CT molecular complexity index is 1110. The van der Waals surface area contributed by atoms with E-state index in [0.717, 1.165) is 27.6 Å². The highest BCUT2D eigenvalue weighted by Gasteiger charge is 2.12. The number of nitrogens with zero attached hydrogens (tertiary/aromatic N) is 4. The van der Waals surface area contributed by atoms with E-state index < -0.39 is 0 Å². The molecule has 4 rings (SSSR count). The first kappa shape index (κ1) is 15.3. The van der Waals surface area contributed by atoms with E-state index in [2.05, 4.69) is 15.4 Å². The largest absolute Gasteiger partial charge is 0.422 e. The van der Waals surface area contributed by atoms with Crippen LogP contribution in [0.5, 0.6) is 0 Å². The Morgan fingerprint density at radius 1 is 1.08 bits per heavy atom. The first-order chi connectivity index (χ1) is 12.1. The Morgan fingerprint density at radius 2 is 1.88 bits per heavy atom. The average Bonchev–Trinajstić information content (AvgIpc) is 3.08. The van der Waals surface area contributed by atoms with Crippen molar-refractivity contribution in [2.24, 2.45) is 0 Å². The lowest BCUT2D eigenvalue weighted by atomic mass is 10.0. The highest BCUT2D eigenvalue weighted by Crippen LogP contribution is 2.23. The molecule has 0 N–H and O–H groups in total. The van der Waals surface area contributed by atoms with Crippen molar-refractivity contribution < 1.29 is 4.42 Å². The topological polar surface area (TPSA) is 73.8 Å². The van der Waals surface area contributed by atoms with Crippen molar-refractivity contribution in [2.45, 2.75) is 20.4 Å². The maximum Gasteiger partial charge on any atom is 0.336 e. The minimum Gasteiger partial charge on any atom is -0.422 e. The normalized spacial score (nSPS) is 11.1. The third kappa shape index (κ3) is 2.82. The Balaban J connectivity index is 1.76. The van der Waals surface area contributed by atoms with Crippen LogP contribution < -0.4 is 5.63 Å². The molecule has 124 valence electrons. The van der Waals surface area contributed by atoms with Crippen molar-refractivity contribution in [3.8, 4) is 11.4 Å². The molecule has 2 aromatic carbocycles. The number of aromatic nitrogens is 4. The van der Waals surface area contributed by atoms with E-state index >= 15 is 0 Å². The van der Waals surface area contributed by atoms with Crippen molar-refractivity contribution in [3.63, 3.8) is 0 Å². The number of aryl methyl sites for hydroxylation is 2. The van der Waals surface area contributed by atoms with Crippen LogP contribution in [0.1, 0.15) is 16.7 Å². The third-order valence-corrected chi connectivity index (χ3v) is 4.31. The predicted octanol–water partition coefficient (Wildman–Crippen LogP) is 3.11. The van der Waals surface area contributed by atoms with Crippen LogP contribution in [0.4, 0.5) is 0 Å². The molecule has 6 nitrogen and oxygen atoms in total. The molecule has 2 aromatic heterocycles. The Labute approximate surface area is 143 Å². The van der Waals surface area contributed by atoms with Gasteiger partial charge in [0.2, 0.25) is 5.82 Å². The fourth-order valence-corrected chi connectivity index (χ4v) is 2.82. The van der Waals surface area contributed by atoms with Gasteiger partial charge in [0.1, 0.15) is 5.58 Å². The lowest BCUT2D eigenvalue weighted by Gasteiger charge is -2.08. The molecule has 0 saturated carbocycles. The molecule has 25 heavy (non-hydrogen) atoms. The quantitative estimate of drug-likeness (QED) is 0.539. The van der Waals surface area contributed by atoms with E-state index in [1.54, 1.807) is 0 Å². The molecule has 0 spiro atoms. The summed E-state index contributed by atoms with van der Waals surface area (Å²) in [7, 11) is 0. The fourth-order valence-electron chi connectivity index (χ4n) is 2.82. The number of hydrogen-bond acceptors (Lipinski definition) is 5. The summed E-state index contributed by atoms with van der Waals surface area (Å²) in [5.41, 5.74) is 4.00. The van der Waals surface area contributed by atoms with E-state index in [1.807, 2.05) is 56.3 Å². The monoisotopic (exact) mass is 332 g/mol. The summed E-state index contributed by atoms with van der Waals surface area (Å²) < 4.78 is 5.40. The van der Waals surface area contributed by atoms with Crippen LogP contribution in [0.15, 0.2) is 57.7 Å².